The molecule has 1 aromatic carbocycles. The summed E-state index contributed by atoms with van der Waals surface area (Å²) in [6, 6.07) is 3.61. The zero-order valence-corrected chi connectivity index (χ0v) is 16.7. The van der Waals surface area contributed by atoms with E-state index in [1.807, 2.05) is 0 Å². The fourth-order valence-electron chi connectivity index (χ4n) is 3.81. The highest BCUT2D eigenvalue weighted by molar-refractivity contribution is 5.88. The molecular formula is C21H19F5N4O. The first kappa shape index (κ1) is 21.2. The number of hydrogen-bond donors (Lipinski definition) is 1. The fraction of sp³-hybridized carbons (Fsp3) is 0.381. The molecule has 5 nitrogen and oxygen atoms in total. The Bertz CT molecular complexity index is 1200. The van der Waals surface area contributed by atoms with E-state index in [4.69, 9.17) is 0 Å². The van der Waals surface area contributed by atoms with E-state index >= 15 is 0 Å². The molecule has 3 aromatic rings. The lowest BCUT2D eigenvalue weighted by Gasteiger charge is -2.36. The number of nitrogens with zero attached hydrogens (tertiary/aromatic N) is 3. The number of aryl methyl sites for hydroxylation is 1. The van der Waals surface area contributed by atoms with Gasteiger partial charge in [0, 0.05) is 36.7 Å². The van der Waals surface area contributed by atoms with Crippen LogP contribution in [0.15, 0.2) is 35.3 Å². The van der Waals surface area contributed by atoms with Gasteiger partial charge in [0.2, 0.25) is 0 Å². The summed E-state index contributed by atoms with van der Waals surface area (Å²) in [6.45, 7) is 3.19. The number of hydrogen-bond acceptors (Lipinski definition) is 4. The Morgan fingerprint density at radius 1 is 1.19 bits per heavy atom. The molecule has 1 aliphatic carbocycles. The molecule has 10 heteroatoms. The molecule has 4 rings (SSSR count). The summed E-state index contributed by atoms with van der Waals surface area (Å²) >= 11 is 0. The number of pyridine rings is 1. The molecule has 2 aromatic heterocycles. The monoisotopic (exact) mass is 438 g/mol. The minimum absolute atomic E-state index is 0.0224. The van der Waals surface area contributed by atoms with Gasteiger partial charge in [-0.15, -0.1) is 0 Å². The van der Waals surface area contributed by atoms with Crippen LogP contribution in [0, 0.1) is 12.7 Å². The summed E-state index contributed by atoms with van der Waals surface area (Å²) in [7, 11) is 0. The standard InChI is InChI=1S/C21H19F5N4O/c1-10(13-4-3-5-14(18(13)22)19(23)24)27-20-15-9-30(12-7-21(25,26)8-12)17(31)6-16(15)28-11(2)29-20/h3-6,9-10,12,19H,7-8H2,1-2H3,(H,27,28,29)/t10-/m1/s1. The number of anilines is 1. The molecule has 0 amide bonds. The van der Waals surface area contributed by atoms with Crippen LogP contribution in [-0.4, -0.2) is 20.5 Å². The van der Waals surface area contributed by atoms with E-state index in [-0.39, 0.29) is 11.4 Å². The van der Waals surface area contributed by atoms with Crippen LogP contribution < -0.4 is 10.9 Å². The minimum Gasteiger partial charge on any atom is -0.363 e. The van der Waals surface area contributed by atoms with E-state index in [0.717, 1.165) is 6.07 Å². The van der Waals surface area contributed by atoms with Crippen molar-refractivity contribution in [2.24, 2.45) is 0 Å². The maximum atomic E-state index is 14.5. The van der Waals surface area contributed by atoms with Gasteiger partial charge in [0.25, 0.3) is 17.9 Å². The molecular weight excluding hydrogens is 419 g/mol. The highest BCUT2D eigenvalue weighted by Crippen LogP contribution is 2.45. The summed E-state index contributed by atoms with van der Waals surface area (Å²) < 4.78 is 68.5. The molecule has 0 spiro atoms. The normalized spacial score (nSPS) is 17.0. The topological polar surface area (TPSA) is 59.8 Å². The van der Waals surface area contributed by atoms with Crippen molar-refractivity contribution in [3.63, 3.8) is 0 Å². The molecule has 0 radical (unpaired) electrons. The van der Waals surface area contributed by atoms with E-state index in [0.29, 0.717) is 16.7 Å². The van der Waals surface area contributed by atoms with Gasteiger partial charge in [0.1, 0.15) is 17.5 Å². The second-order valence-corrected chi connectivity index (χ2v) is 7.77. The molecule has 1 fully saturated rings. The largest absolute Gasteiger partial charge is 0.363 e. The van der Waals surface area contributed by atoms with Gasteiger partial charge in [0.15, 0.2) is 0 Å². The van der Waals surface area contributed by atoms with Crippen LogP contribution in [0.3, 0.4) is 0 Å². The van der Waals surface area contributed by atoms with Crippen LogP contribution in [0.2, 0.25) is 0 Å². The third kappa shape index (κ3) is 3.98. The minimum atomic E-state index is -2.95. The summed E-state index contributed by atoms with van der Waals surface area (Å²) in [5.74, 6) is -3.24. The molecule has 164 valence electrons. The summed E-state index contributed by atoms with van der Waals surface area (Å²) in [5, 5.41) is 3.37. The van der Waals surface area contributed by atoms with E-state index in [1.165, 1.54) is 29.0 Å². The predicted molar refractivity (Wildman–Crippen MR) is 105 cm³/mol. The van der Waals surface area contributed by atoms with Crippen molar-refractivity contribution >= 4 is 16.7 Å². The van der Waals surface area contributed by atoms with Gasteiger partial charge in [-0.2, -0.15) is 0 Å². The van der Waals surface area contributed by atoms with Crippen LogP contribution in [0.25, 0.3) is 10.9 Å². The van der Waals surface area contributed by atoms with E-state index < -0.39 is 54.2 Å². The Labute approximate surface area is 173 Å². The van der Waals surface area contributed by atoms with Gasteiger partial charge in [-0.1, -0.05) is 18.2 Å². The average Bonchev–Trinajstić information content (AvgIpc) is 2.65. The second kappa shape index (κ2) is 7.58. The number of benzene rings is 1. The first-order chi connectivity index (χ1) is 14.6. The van der Waals surface area contributed by atoms with Gasteiger partial charge in [-0.25, -0.2) is 31.9 Å². The van der Waals surface area contributed by atoms with Crippen LogP contribution in [0.5, 0.6) is 0 Å². The maximum absolute atomic E-state index is 14.5. The lowest BCUT2D eigenvalue weighted by atomic mass is 9.88. The molecule has 1 atom stereocenters. The van der Waals surface area contributed by atoms with Crippen molar-refractivity contribution in [2.45, 2.75) is 51.1 Å². The molecule has 0 unspecified atom stereocenters. The van der Waals surface area contributed by atoms with Gasteiger partial charge in [-0.3, -0.25) is 4.79 Å². The summed E-state index contributed by atoms with van der Waals surface area (Å²) in [4.78, 5) is 20.9. The quantitative estimate of drug-likeness (QED) is 0.548. The van der Waals surface area contributed by atoms with Crippen molar-refractivity contribution in [1.82, 2.24) is 14.5 Å². The van der Waals surface area contributed by atoms with Crippen molar-refractivity contribution in [1.29, 1.82) is 0 Å². The number of alkyl halides is 4. The summed E-state index contributed by atoms with van der Waals surface area (Å²) in [5.41, 5.74) is -0.832. The molecule has 1 saturated carbocycles. The molecule has 31 heavy (non-hydrogen) atoms. The molecule has 1 N–H and O–H groups in total. The van der Waals surface area contributed by atoms with Crippen molar-refractivity contribution < 1.29 is 22.0 Å². The van der Waals surface area contributed by atoms with Gasteiger partial charge in [0.05, 0.1) is 22.5 Å². The molecule has 2 heterocycles. The Morgan fingerprint density at radius 2 is 1.87 bits per heavy atom. The zero-order valence-electron chi connectivity index (χ0n) is 16.7. The number of fused-ring (bicyclic) bond motifs is 1. The van der Waals surface area contributed by atoms with Crippen LogP contribution in [0.1, 0.15) is 55.2 Å². The van der Waals surface area contributed by atoms with Gasteiger partial charge < -0.3 is 9.88 Å². The average molecular weight is 438 g/mol. The lowest BCUT2D eigenvalue weighted by Crippen LogP contribution is -2.40. The van der Waals surface area contributed by atoms with Gasteiger partial charge in [-0.05, 0) is 13.8 Å². The zero-order chi connectivity index (χ0) is 22.5. The predicted octanol–water partition coefficient (Wildman–Crippen LogP) is 5.32. The highest BCUT2D eigenvalue weighted by atomic mass is 19.3. The highest BCUT2D eigenvalue weighted by Gasteiger charge is 2.46. The number of halogens is 5. The maximum Gasteiger partial charge on any atom is 0.266 e. The summed E-state index contributed by atoms with van der Waals surface area (Å²) in [6.07, 6.45) is -2.41. The fourth-order valence-corrected chi connectivity index (χ4v) is 3.81. The Morgan fingerprint density at radius 3 is 2.52 bits per heavy atom. The van der Waals surface area contributed by atoms with Crippen molar-refractivity contribution in [2.75, 3.05) is 5.32 Å². The van der Waals surface area contributed by atoms with E-state index in [9.17, 15) is 26.7 Å². The van der Waals surface area contributed by atoms with E-state index in [1.54, 1.807) is 13.8 Å². The first-order valence-electron chi connectivity index (χ1n) is 9.67. The van der Waals surface area contributed by atoms with E-state index in [2.05, 4.69) is 15.3 Å². The Kier molecular flexibility index (Phi) is 5.18. The second-order valence-electron chi connectivity index (χ2n) is 7.77. The lowest BCUT2D eigenvalue weighted by molar-refractivity contribution is -0.104. The number of nitrogens with one attached hydrogen (secondary N) is 1. The number of rotatable bonds is 5. The third-order valence-electron chi connectivity index (χ3n) is 5.45. The van der Waals surface area contributed by atoms with Crippen molar-refractivity contribution in [3.05, 3.63) is 63.6 Å². The first-order valence-corrected chi connectivity index (χ1v) is 9.67. The van der Waals surface area contributed by atoms with Crippen LogP contribution in [0.4, 0.5) is 27.8 Å². The Balaban J connectivity index is 1.74. The number of aromatic nitrogens is 3. The third-order valence-corrected chi connectivity index (χ3v) is 5.45. The molecule has 0 saturated heterocycles. The SMILES string of the molecule is Cc1nc(N[C@H](C)c2cccc(C(F)F)c2F)c2cn(C3CC(F)(F)C3)c(=O)cc2n1. The Hall–Kier alpha value is -3.04. The smallest absolute Gasteiger partial charge is 0.266 e. The van der Waals surface area contributed by atoms with Gasteiger partial charge >= 0.3 is 0 Å². The molecule has 0 aliphatic heterocycles. The van der Waals surface area contributed by atoms with Crippen LogP contribution >= 0.6 is 0 Å². The molecule has 0 bridgehead atoms. The van der Waals surface area contributed by atoms with Crippen LogP contribution in [-0.2, 0) is 0 Å². The van der Waals surface area contributed by atoms with Crippen molar-refractivity contribution in [3.8, 4) is 0 Å². The molecule has 1 aliphatic rings.